The van der Waals surface area contributed by atoms with Crippen LogP contribution in [0.5, 0.6) is 0 Å². The van der Waals surface area contributed by atoms with Crippen LogP contribution in [0.25, 0.3) is 0 Å². The minimum Gasteiger partial charge on any atom is -0.465 e. The second-order valence-corrected chi connectivity index (χ2v) is 2.98. The Kier molecular flexibility index (Phi) is 5.63. The lowest BCUT2D eigenvalue weighted by Crippen LogP contribution is -2.35. The zero-order chi connectivity index (χ0) is 13.6. The molecule has 0 aliphatic heterocycles. The van der Waals surface area contributed by atoms with Gasteiger partial charge in [-0.3, -0.25) is 9.59 Å². The summed E-state index contributed by atoms with van der Waals surface area (Å²) in [4.78, 5) is 33.1. The van der Waals surface area contributed by atoms with Crippen LogP contribution in [0.1, 0.15) is 13.3 Å². The van der Waals surface area contributed by atoms with Crippen LogP contribution in [0, 0.1) is 5.92 Å². The summed E-state index contributed by atoms with van der Waals surface area (Å²) in [6.45, 7) is 1.17. The molecular formula is C9H11F3O5. The van der Waals surface area contributed by atoms with E-state index in [1.807, 2.05) is 0 Å². The Bertz CT molecular complexity index is 310. The summed E-state index contributed by atoms with van der Waals surface area (Å²) in [6.07, 6.45) is -6.51. The number of ketones is 1. The summed E-state index contributed by atoms with van der Waals surface area (Å²) in [6, 6.07) is 0. The Hall–Kier alpha value is -1.60. The lowest BCUT2D eigenvalue weighted by molar-refractivity contribution is -0.175. The van der Waals surface area contributed by atoms with Crippen LogP contribution >= 0.6 is 0 Å². The Labute approximate surface area is 94.9 Å². The van der Waals surface area contributed by atoms with Crippen molar-refractivity contribution in [2.45, 2.75) is 19.5 Å². The van der Waals surface area contributed by atoms with Gasteiger partial charge in [-0.05, 0) is 6.92 Å². The van der Waals surface area contributed by atoms with E-state index in [4.69, 9.17) is 0 Å². The van der Waals surface area contributed by atoms with Crippen molar-refractivity contribution in [1.82, 2.24) is 0 Å². The standard InChI is InChI=1S/C9H11F3O5/c1-3-17-7(14)5(4-9(10,11)12)6(13)8(15)16-2/h5H,3-4H2,1-2H3. The monoisotopic (exact) mass is 256 g/mol. The molecule has 0 spiro atoms. The van der Waals surface area contributed by atoms with E-state index in [9.17, 15) is 27.6 Å². The Balaban J connectivity index is 4.91. The predicted molar refractivity (Wildman–Crippen MR) is 47.8 cm³/mol. The van der Waals surface area contributed by atoms with Crippen LogP contribution in [-0.2, 0) is 23.9 Å². The molecule has 0 aromatic heterocycles. The first-order valence-corrected chi connectivity index (χ1v) is 4.58. The molecule has 0 bridgehead atoms. The van der Waals surface area contributed by atoms with Crippen molar-refractivity contribution in [1.29, 1.82) is 0 Å². The van der Waals surface area contributed by atoms with Crippen LogP contribution in [0.15, 0.2) is 0 Å². The van der Waals surface area contributed by atoms with E-state index in [2.05, 4.69) is 9.47 Å². The number of esters is 2. The van der Waals surface area contributed by atoms with Crippen LogP contribution in [0.4, 0.5) is 13.2 Å². The number of carbonyl (C=O) groups excluding carboxylic acids is 3. The highest BCUT2D eigenvalue weighted by Crippen LogP contribution is 2.26. The first-order chi connectivity index (χ1) is 7.72. The van der Waals surface area contributed by atoms with Crippen molar-refractivity contribution in [2.24, 2.45) is 5.92 Å². The van der Waals surface area contributed by atoms with Gasteiger partial charge in [0.2, 0.25) is 0 Å². The smallest absolute Gasteiger partial charge is 0.390 e. The molecule has 5 nitrogen and oxygen atoms in total. The highest BCUT2D eigenvalue weighted by molar-refractivity contribution is 6.37. The van der Waals surface area contributed by atoms with Crippen LogP contribution in [0.2, 0.25) is 0 Å². The second-order valence-electron chi connectivity index (χ2n) is 2.98. The molecule has 0 saturated heterocycles. The largest absolute Gasteiger partial charge is 0.465 e. The van der Waals surface area contributed by atoms with Crippen molar-refractivity contribution in [3.8, 4) is 0 Å². The summed E-state index contributed by atoms with van der Waals surface area (Å²) in [5, 5.41) is 0. The fraction of sp³-hybridized carbons (Fsp3) is 0.667. The maximum absolute atomic E-state index is 12.1. The molecule has 0 aliphatic rings. The number of ether oxygens (including phenoxy) is 2. The van der Waals surface area contributed by atoms with E-state index < -0.39 is 36.2 Å². The van der Waals surface area contributed by atoms with E-state index >= 15 is 0 Å². The van der Waals surface area contributed by atoms with Crippen molar-refractivity contribution >= 4 is 17.7 Å². The quantitative estimate of drug-likeness (QED) is 0.414. The summed E-state index contributed by atoms with van der Waals surface area (Å²) in [5.41, 5.74) is 0. The van der Waals surface area contributed by atoms with Gasteiger partial charge in [-0.1, -0.05) is 0 Å². The van der Waals surface area contributed by atoms with Gasteiger partial charge >= 0.3 is 18.1 Å². The van der Waals surface area contributed by atoms with Gasteiger partial charge < -0.3 is 9.47 Å². The van der Waals surface area contributed by atoms with Crippen molar-refractivity contribution in [2.75, 3.05) is 13.7 Å². The van der Waals surface area contributed by atoms with E-state index in [0.717, 1.165) is 7.11 Å². The number of hydrogen-bond donors (Lipinski definition) is 0. The summed E-state index contributed by atoms with van der Waals surface area (Å²) in [5.74, 6) is -6.67. The molecule has 0 aromatic carbocycles. The normalized spacial score (nSPS) is 12.8. The first kappa shape index (κ1) is 15.4. The minimum absolute atomic E-state index is 0.193. The third-order valence-corrected chi connectivity index (χ3v) is 1.71. The number of Topliss-reactive ketones (excluding diaryl/α,β-unsaturated/α-hetero) is 1. The van der Waals surface area contributed by atoms with Gasteiger partial charge in [0.1, 0.15) is 5.92 Å². The maximum Gasteiger partial charge on any atom is 0.390 e. The molecule has 1 atom stereocenters. The van der Waals surface area contributed by atoms with Crippen molar-refractivity contribution < 1.29 is 37.0 Å². The molecule has 0 rings (SSSR count). The first-order valence-electron chi connectivity index (χ1n) is 4.58. The molecule has 8 heteroatoms. The lowest BCUT2D eigenvalue weighted by atomic mass is 10.00. The Morgan fingerprint density at radius 3 is 2.12 bits per heavy atom. The third-order valence-electron chi connectivity index (χ3n) is 1.71. The molecular weight excluding hydrogens is 245 g/mol. The van der Waals surface area contributed by atoms with E-state index in [1.54, 1.807) is 0 Å². The zero-order valence-corrected chi connectivity index (χ0v) is 9.17. The van der Waals surface area contributed by atoms with Gasteiger partial charge in [-0.2, -0.15) is 13.2 Å². The fourth-order valence-corrected chi connectivity index (χ4v) is 1.00. The molecule has 0 saturated carbocycles. The van der Waals surface area contributed by atoms with Gasteiger partial charge in [-0.15, -0.1) is 0 Å². The Morgan fingerprint density at radius 1 is 1.24 bits per heavy atom. The van der Waals surface area contributed by atoms with Crippen LogP contribution in [0.3, 0.4) is 0 Å². The van der Waals surface area contributed by atoms with Gasteiger partial charge in [-0.25, -0.2) is 4.79 Å². The van der Waals surface area contributed by atoms with Crippen molar-refractivity contribution in [3.05, 3.63) is 0 Å². The highest BCUT2D eigenvalue weighted by atomic mass is 19.4. The second kappa shape index (κ2) is 6.21. The molecule has 0 fully saturated rings. The Morgan fingerprint density at radius 2 is 1.76 bits per heavy atom. The topological polar surface area (TPSA) is 69.7 Å². The van der Waals surface area contributed by atoms with Gasteiger partial charge in [0.05, 0.1) is 20.1 Å². The average Bonchev–Trinajstić information content (AvgIpc) is 2.22. The summed E-state index contributed by atoms with van der Waals surface area (Å²) in [7, 11) is 0.829. The number of methoxy groups -OCH3 is 1. The van der Waals surface area contributed by atoms with Crippen molar-refractivity contribution in [3.63, 3.8) is 0 Å². The number of halogens is 3. The minimum atomic E-state index is -4.76. The summed E-state index contributed by atoms with van der Waals surface area (Å²) >= 11 is 0. The fourth-order valence-electron chi connectivity index (χ4n) is 1.00. The molecule has 0 aliphatic carbocycles. The lowest BCUT2D eigenvalue weighted by Gasteiger charge is -2.14. The highest BCUT2D eigenvalue weighted by Gasteiger charge is 2.43. The maximum atomic E-state index is 12.1. The zero-order valence-electron chi connectivity index (χ0n) is 9.17. The molecule has 0 aromatic rings. The van der Waals surface area contributed by atoms with E-state index in [0.29, 0.717) is 0 Å². The molecule has 0 amide bonds. The molecule has 17 heavy (non-hydrogen) atoms. The van der Waals surface area contributed by atoms with Gasteiger partial charge in [0.15, 0.2) is 0 Å². The molecule has 0 radical (unpaired) electrons. The third kappa shape index (κ3) is 5.32. The van der Waals surface area contributed by atoms with E-state index in [-0.39, 0.29) is 6.61 Å². The van der Waals surface area contributed by atoms with Crippen LogP contribution in [-0.4, -0.2) is 37.6 Å². The number of hydrogen-bond acceptors (Lipinski definition) is 5. The summed E-state index contributed by atoms with van der Waals surface area (Å²) < 4.78 is 44.6. The molecule has 0 N–H and O–H groups in total. The van der Waals surface area contributed by atoms with Gasteiger partial charge in [0.25, 0.3) is 5.78 Å². The average molecular weight is 256 g/mol. The molecule has 0 heterocycles. The number of rotatable bonds is 5. The molecule has 98 valence electrons. The predicted octanol–water partition coefficient (Wildman–Crippen LogP) is 0.860. The van der Waals surface area contributed by atoms with E-state index in [1.165, 1.54) is 6.92 Å². The van der Waals surface area contributed by atoms with Gasteiger partial charge in [0, 0.05) is 0 Å². The van der Waals surface area contributed by atoms with Crippen LogP contribution < -0.4 is 0 Å². The number of carbonyl (C=O) groups is 3. The number of alkyl halides is 3. The molecule has 1 unspecified atom stereocenters. The SMILES string of the molecule is CCOC(=O)C(CC(F)(F)F)C(=O)C(=O)OC.